The first-order chi connectivity index (χ1) is 15.9. The Morgan fingerprint density at radius 2 is 1.97 bits per heavy atom. The minimum absolute atomic E-state index is 0.0574. The molecule has 2 aliphatic rings. The molecule has 4 N–H and O–H groups in total. The molecule has 2 unspecified atom stereocenters. The first-order valence-electron chi connectivity index (χ1n) is 10.9. The van der Waals surface area contributed by atoms with Crippen molar-refractivity contribution in [2.24, 2.45) is 23.3 Å². The van der Waals surface area contributed by atoms with Crippen LogP contribution in [0.25, 0.3) is 0 Å². The molecule has 2 aromatic rings. The molecule has 3 heterocycles. The van der Waals surface area contributed by atoms with Crippen LogP contribution in [0.15, 0.2) is 54.8 Å². The Labute approximate surface area is 198 Å². The van der Waals surface area contributed by atoms with Crippen LogP contribution in [0.4, 0.5) is 10.5 Å². The van der Waals surface area contributed by atoms with Crippen LogP contribution in [0.2, 0.25) is 5.02 Å². The molecular weight excluding hydrogens is 442 g/mol. The zero-order chi connectivity index (χ0) is 23.5. The molecular formula is C23H30ClN7O2. The van der Waals surface area contributed by atoms with Crippen LogP contribution in [0.5, 0.6) is 5.75 Å². The molecule has 4 rings (SSSR count). The number of likely N-dealkylation sites (tertiary alicyclic amines) is 2. The van der Waals surface area contributed by atoms with E-state index in [1.807, 2.05) is 36.0 Å². The van der Waals surface area contributed by atoms with E-state index in [1.165, 1.54) is 17.1 Å². The van der Waals surface area contributed by atoms with Gasteiger partial charge in [0.2, 0.25) is 0 Å². The molecule has 0 radical (unpaired) electrons. The van der Waals surface area contributed by atoms with Gasteiger partial charge in [-0.15, -0.1) is 0 Å². The molecule has 10 heteroatoms. The fraction of sp³-hybridized carbons (Fsp3) is 0.391. The summed E-state index contributed by atoms with van der Waals surface area (Å²) in [5.41, 5.74) is 12.9. The Balaban J connectivity index is 1.32. The Morgan fingerprint density at radius 3 is 2.55 bits per heavy atom. The first kappa shape index (κ1) is 23.0. The van der Waals surface area contributed by atoms with E-state index in [0.717, 1.165) is 44.0 Å². The summed E-state index contributed by atoms with van der Waals surface area (Å²) in [5, 5.41) is 4.87. The Hall–Kier alpha value is -3.17. The molecule has 0 bridgehead atoms. The summed E-state index contributed by atoms with van der Waals surface area (Å²) >= 11 is 6.52. The zero-order valence-electron chi connectivity index (χ0n) is 18.9. The maximum atomic E-state index is 12.8. The number of halogens is 1. The molecule has 2 aliphatic heterocycles. The maximum absolute atomic E-state index is 12.8. The van der Waals surface area contributed by atoms with Gasteiger partial charge in [-0.25, -0.2) is 4.79 Å². The third-order valence-corrected chi connectivity index (χ3v) is 6.54. The average molecular weight is 472 g/mol. The molecule has 9 nitrogen and oxygen atoms in total. The van der Waals surface area contributed by atoms with Crippen molar-refractivity contribution in [1.82, 2.24) is 19.6 Å². The van der Waals surface area contributed by atoms with Crippen molar-refractivity contribution in [2.45, 2.75) is 6.54 Å². The second kappa shape index (κ2) is 9.76. The number of rotatable bonds is 6. The summed E-state index contributed by atoms with van der Waals surface area (Å²) < 4.78 is 7.12. The number of nitrogens with two attached hydrogens (primary N) is 2. The number of ether oxygens (including phenoxy) is 1. The molecule has 1 aromatic heterocycles. The van der Waals surface area contributed by atoms with Crippen LogP contribution in [-0.2, 0) is 6.54 Å². The predicted molar refractivity (Wildman–Crippen MR) is 129 cm³/mol. The molecule has 0 aliphatic carbocycles. The van der Waals surface area contributed by atoms with E-state index in [-0.39, 0.29) is 6.03 Å². The molecule has 1 aromatic carbocycles. The lowest BCUT2D eigenvalue weighted by atomic mass is 10.0. The van der Waals surface area contributed by atoms with Crippen LogP contribution in [0, 0.1) is 11.8 Å². The van der Waals surface area contributed by atoms with Gasteiger partial charge in [-0.3, -0.25) is 4.90 Å². The number of benzene rings is 1. The molecule has 0 spiro atoms. The van der Waals surface area contributed by atoms with Gasteiger partial charge in [0.1, 0.15) is 11.5 Å². The van der Waals surface area contributed by atoms with Crippen LogP contribution >= 0.6 is 11.6 Å². The second-order valence-electron chi connectivity index (χ2n) is 8.72. The summed E-state index contributed by atoms with van der Waals surface area (Å²) in [6, 6.07) is 5.58. The van der Waals surface area contributed by atoms with Crippen molar-refractivity contribution in [3.8, 4) is 5.75 Å². The summed E-state index contributed by atoms with van der Waals surface area (Å²) in [5.74, 6) is 1.96. The number of hydrogen-bond acceptors (Lipinski definition) is 7. The highest BCUT2D eigenvalue weighted by molar-refractivity contribution is 6.31. The quantitative estimate of drug-likeness (QED) is 0.491. The van der Waals surface area contributed by atoms with Crippen molar-refractivity contribution in [2.75, 3.05) is 45.2 Å². The molecule has 176 valence electrons. The van der Waals surface area contributed by atoms with Crippen molar-refractivity contribution >= 4 is 23.3 Å². The largest absolute Gasteiger partial charge is 0.456 e. The standard InChI is InChI=1S/C23H30ClN7O2/c1-28(2)19-9-27-31(15-19)23(32)30-13-17-11-29(12-18(17)14-30)10-16-3-4-20(7-22(16)24)33-21(8-26)5-6-25/h3-9,15,17-18H,10-14,25-26H2,1-2H3/b6-5-,21-8?. The third kappa shape index (κ3) is 5.09. The topological polar surface area (TPSA) is 106 Å². The first-order valence-corrected chi connectivity index (χ1v) is 11.3. The lowest BCUT2D eigenvalue weighted by Crippen LogP contribution is -2.36. The fourth-order valence-electron chi connectivity index (χ4n) is 4.48. The summed E-state index contributed by atoms with van der Waals surface area (Å²) in [7, 11) is 3.86. The highest BCUT2D eigenvalue weighted by Crippen LogP contribution is 2.33. The number of carbonyl (C=O) groups is 1. The summed E-state index contributed by atoms with van der Waals surface area (Å²) in [6.45, 7) is 4.13. The number of hydrogen-bond donors (Lipinski definition) is 2. The SMILES string of the molecule is CN(C)c1cnn(C(=O)N2CC3CN(Cc4ccc(OC(=CN)/C=C\N)cc4Cl)CC3C2)c1. The van der Waals surface area contributed by atoms with Gasteiger partial charge in [-0.2, -0.15) is 9.78 Å². The molecule has 2 atom stereocenters. The van der Waals surface area contributed by atoms with E-state index < -0.39 is 0 Å². The number of aromatic nitrogens is 2. The molecule has 0 saturated carbocycles. The van der Waals surface area contributed by atoms with Gasteiger partial charge in [0.15, 0.2) is 0 Å². The van der Waals surface area contributed by atoms with Crippen molar-refractivity contribution in [3.05, 3.63) is 65.4 Å². The Kier molecular flexibility index (Phi) is 6.80. The van der Waals surface area contributed by atoms with Gasteiger partial charge < -0.3 is 26.0 Å². The number of amides is 1. The van der Waals surface area contributed by atoms with Gasteiger partial charge in [0.25, 0.3) is 0 Å². The molecule has 1 amide bonds. The number of allylic oxidation sites excluding steroid dienone is 1. The van der Waals surface area contributed by atoms with Crippen LogP contribution < -0.4 is 21.1 Å². The van der Waals surface area contributed by atoms with Gasteiger partial charge in [0, 0.05) is 58.0 Å². The number of carbonyl (C=O) groups excluding carboxylic acids is 1. The van der Waals surface area contributed by atoms with E-state index in [9.17, 15) is 4.79 Å². The van der Waals surface area contributed by atoms with Crippen molar-refractivity contribution in [1.29, 1.82) is 0 Å². The van der Waals surface area contributed by atoms with Crippen LogP contribution in [-0.4, -0.2) is 65.9 Å². The predicted octanol–water partition coefficient (Wildman–Crippen LogP) is 2.29. The van der Waals surface area contributed by atoms with Crippen LogP contribution in [0.1, 0.15) is 5.56 Å². The summed E-state index contributed by atoms with van der Waals surface area (Å²) in [4.78, 5) is 19.1. The lowest BCUT2D eigenvalue weighted by molar-refractivity contribution is 0.197. The monoisotopic (exact) mass is 471 g/mol. The number of anilines is 1. The maximum Gasteiger partial charge on any atom is 0.344 e. The zero-order valence-corrected chi connectivity index (χ0v) is 19.7. The van der Waals surface area contributed by atoms with Gasteiger partial charge in [-0.05, 0) is 41.8 Å². The van der Waals surface area contributed by atoms with Crippen molar-refractivity contribution < 1.29 is 9.53 Å². The van der Waals surface area contributed by atoms with Crippen LogP contribution in [0.3, 0.4) is 0 Å². The average Bonchev–Trinajstić information content (AvgIpc) is 3.50. The second-order valence-corrected chi connectivity index (χ2v) is 9.13. The van der Waals surface area contributed by atoms with Gasteiger partial charge >= 0.3 is 6.03 Å². The minimum Gasteiger partial charge on any atom is -0.456 e. The fourth-order valence-corrected chi connectivity index (χ4v) is 4.71. The third-order valence-electron chi connectivity index (χ3n) is 6.19. The minimum atomic E-state index is -0.0574. The Morgan fingerprint density at radius 1 is 1.24 bits per heavy atom. The van der Waals surface area contributed by atoms with E-state index in [1.54, 1.807) is 24.5 Å². The van der Waals surface area contributed by atoms with E-state index in [4.69, 9.17) is 27.8 Å². The highest BCUT2D eigenvalue weighted by Gasteiger charge is 2.42. The molecule has 33 heavy (non-hydrogen) atoms. The normalized spacial score (nSPS) is 21.1. The van der Waals surface area contributed by atoms with E-state index >= 15 is 0 Å². The highest BCUT2D eigenvalue weighted by atomic mass is 35.5. The smallest absolute Gasteiger partial charge is 0.344 e. The lowest BCUT2D eigenvalue weighted by Gasteiger charge is -2.22. The van der Waals surface area contributed by atoms with Gasteiger partial charge in [-0.1, -0.05) is 17.7 Å². The molecule has 2 saturated heterocycles. The number of nitrogens with zero attached hydrogens (tertiary/aromatic N) is 5. The van der Waals surface area contributed by atoms with E-state index in [0.29, 0.717) is 28.4 Å². The molecule has 2 fully saturated rings. The van der Waals surface area contributed by atoms with Crippen molar-refractivity contribution in [3.63, 3.8) is 0 Å². The summed E-state index contributed by atoms with van der Waals surface area (Å²) in [6.07, 6.45) is 7.77. The van der Waals surface area contributed by atoms with Gasteiger partial charge in [0.05, 0.1) is 18.1 Å². The van der Waals surface area contributed by atoms with E-state index in [2.05, 4.69) is 10.00 Å². The Bertz CT molecular complexity index is 1050. The number of fused-ring (bicyclic) bond motifs is 1.